The fraction of sp³-hybridized carbons (Fsp3) is 0.189. The Labute approximate surface area is 234 Å². The molecule has 0 fully saturated rings. The lowest BCUT2D eigenvalue weighted by molar-refractivity contribution is 0.816. The van der Waals surface area contributed by atoms with Gasteiger partial charge in [-0.25, -0.2) is 0 Å². The second-order valence-electron chi connectivity index (χ2n) is 9.98. The summed E-state index contributed by atoms with van der Waals surface area (Å²) in [5, 5.41) is 0. The number of rotatable bonds is 9. The lowest BCUT2D eigenvalue weighted by Crippen LogP contribution is -2.23. The van der Waals surface area contributed by atoms with Crippen LogP contribution in [0.3, 0.4) is 0 Å². The Morgan fingerprint density at radius 2 is 1.38 bits per heavy atom. The van der Waals surface area contributed by atoms with Gasteiger partial charge in [0, 0.05) is 34.2 Å². The number of hydrogen-bond donors (Lipinski definition) is 0. The standard InChI is InChI=1S/C37H38N2/c1-3-14-32(15-4-2)38(33-16-8-5-9-17-33)36-26-22-30(23-27-36)31-24-28-37(29-25-31)39(34-18-10-6-11-19-34)35-20-12-7-13-21-35/h3-6,8-12,14-22,24,26,28H,1,7,13,23,25,27,29H2,2H3/b15-4-,32-14+. The van der Waals surface area contributed by atoms with Crippen molar-refractivity contribution in [3.63, 3.8) is 0 Å². The van der Waals surface area contributed by atoms with E-state index in [0.717, 1.165) is 44.2 Å². The Morgan fingerprint density at radius 3 is 1.92 bits per heavy atom. The molecule has 0 heterocycles. The summed E-state index contributed by atoms with van der Waals surface area (Å²) in [6.07, 6.45) is 30.8. The van der Waals surface area contributed by atoms with E-state index in [1.807, 2.05) is 6.08 Å². The minimum absolute atomic E-state index is 0.995. The minimum atomic E-state index is 0.995. The van der Waals surface area contributed by atoms with E-state index in [4.69, 9.17) is 0 Å². The summed E-state index contributed by atoms with van der Waals surface area (Å²) in [5.41, 5.74) is 10.4. The lowest BCUT2D eigenvalue weighted by Gasteiger charge is -2.33. The van der Waals surface area contributed by atoms with Crippen molar-refractivity contribution < 1.29 is 0 Å². The Kier molecular flexibility index (Phi) is 8.75. The minimum Gasteiger partial charge on any atom is -0.315 e. The molecule has 0 saturated heterocycles. The molecule has 0 amide bonds. The Bertz CT molecular complexity index is 1410. The maximum absolute atomic E-state index is 3.95. The van der Waals surface area contributed by atoms with Gasteiger partial charge in [-0.1, -0.05) is 79.4 Å². The molecule has 0 spiro atoms. The molecule has 0 N–H and O–H groups in total. The van der Waals surface area contributed by atoms with E-state index in [0.29, 0.717) is 0 Å². The lowest BCUT2D eigenvalue weighted by atomic mass is 9.89. The van der Waals surface area contributed by atoms with Gasteiger partial charge in [-0.3, -0.25) is 0 Å². The smallest absolute Gasteiger partial charge is 0.0458 e. The highest BCUT2D eigenvalue weighted by atomic mass is 15.2. The highest BCUT2D eigenvalue weighted by Crippen LogP contribution is 2.37. The Morgan fingerprint density at radius 1 is 0.744 bits per heavy atom. The third-order valence-electron chi connectivity index (χ3n) is 7.39. The molecule has 0 radical (unpaired) electrons. The molecule has 5 rings (SSSR count). The van der Waals surface area contributed by atoms with Crippen LogP contribution in [0.1, 0.15) is 45.4 Å². The molecular formula is C37H38N2. The topological polar surface area (TPSA) is 6.48 Å². The monoisotopic (exact) mass is 510 g/mol. The average molecular weight is 511 g/mol. The van der Waals surface area contributed by atoms with Crippen LogP contribution >= 0.6 is 0 Å². The molecule has 3 aliphatic rings. The van der Waals surface area contributed by atoms with E-state index in [9.17, 15) is 0 Å². The largest absolute Gasteiger partial charge is 0.315 e. The van der Waals surface area contributed by atoms with Crippen LogP contribution in [0.15, 0.2) is 168 Å². The quantitative estimate of drug-likeness (QED) is 0.310. The van der Waals surface area contributed by atoms with E-state index in [1.165, 1.54) is 39.6 Å². The summed E-state index contributed by atoms with van der Waals surface area (Å²) < 4.78 is 0. The summed E-state index contributed by atoms with van der Waals surface area (Å²) in [6.45, 7) is 6.01. The van der Waals surface area contributed by atoms with Gasteiger partial charge < -0.3 is 9.80 Å². The summed E-state index contributed by atoms with van der Waals surface area (Å²) in [4.78, 5) is 4.79. The van der Waals surface area contributed by atoms with Gasteiger partial charge >= 0.3 is 0 Å². The molecular weight excluding hydrogens is 472 g/mol. The van der Waals surface area contributed by atoms with Crippen LogP contribution in [0.5, 0.6) is 0 Å². The molecule has 2 nitrogen and oxygen atoms in total. The molecule has 0 aliphatic heterocycles. The second kappa shape index (κ2) is 13.0. The van der Waals surface area contributed by atoms with E-state index < -0.39 is 0 Å². The first-order chi connectivity index (χ1) is 19.3. The van der Waals surface area contributed by atoms with Crippen molar-refractivity contribution >= 4 is 11.4 Å². The van der Waals surface area contributed by atoms with Crippen LogP contribution in [0.2, 0.25) is 0 Å². The van der Waals surface area contributed by atoms with Gasteiger partial charge in [0.25, 0.3) is 0 Å². The summed E-state index contributed by atoms with van der Waals surface area (Å²) in [7, 11) is 0. The van der Waals surface area contributed by atoms with Gasteiger partial charge in [0.1, 0.15) is 0 Å². The maximum Gasteiger partial charge on any atom is 0.0458 e. The number of hydrogen-bond acceptors (Lipinski definition) is 2. The van der Waals surface area contributed by atoms with E-state index >= 15 is 0 Å². The van der Waals surface area contributed by atoms with Crippen molar-refractivity contribution in [3.8, 4) is 0 Å². The molecule has 2 aromatic carbocycles. The fourth-order valence-electron chi connectivity index (χ4n) is 5.54. The van der Waals surface area contributed by atoms with E-state index in [1.54, 1.807) is 0 Å². The number of para-hydroxylation sites is 2. The van der Waals surface area contributed by atoms with Crippen molar-refractivity contribution in [2.24, 2.45) is 0 Å². The van der Waals surface area contributed by atoms with Gasteiger partial charge in [0.15, 0.2) is 0 Å². The van der Waals surface area contributed by atoms with Gasteiger partial charge in [0.05, 0.1) is 0 Å². The first kappa shape index (κ1) is 26.3. The summed E-state index contributed by atoms with van der Waals surface area (Å²) >= 11 is 0. The van der Waals surface area contributed by atoms with Crippen LogP contribution in [0, 0.1) is 0 Å². The second-order valence-corrected chi connectivity index (χ2v) is 9.98. The predicted molar refractivity (Wildman–Crippen MR) is 168 cm³/mol. The molecule has 2 aromatic rings. The van der Waals surface area contributed by atoms with Gasteiger partial charge in [0.2, 0.25) is 0 Å². The van der Waals surface area contributed by atoms with Crippen LogP contribution in [-0.4, -0.2) is 0 Å². The predicted octanol–water partition coefficient (Wildman–Crippen LogP) is 10.1. The summed E-state index contributed by atoms with van der Waals surface area (Å²) in [5.74, 6) is 0. The number of benzene rings is 2. The SMILES string of the molecule is C=C/C=C(\C=C/C)N(C1=CC=C(C2=CC=C(N(C3=CCCC=C3)c3ccccc3)CC2)CC1)c1ccccc1. The van der Waals surface area contributed by atoms with Crippen LogP contribution in [0.4, 0.5) is 11.4 Å². The van der Waals surface area contributed by atoms with Crippen molar-refractivity contribution in [3.05, 3.63) is 168 Å². The molecule has 0 atom stereocenters. The van der Waals surface area contributed by atoms with E-state index in [-0.39, 0.29) is 0 Å². The van der Waals surface area contributed by atoms with Crippen molar-refractivity contribution in [2.45, 2.75) is 45.4 Å². The van der Waals surface area contributed by atoms with Gasteiger partial charge in [-0.2, -0.15) is 0 Å². The molecule has 0 bridgehead atoms. The zero-order valence-electron chi connectivity index (χ0n) is 23.0. The fourth-order valence-corrected chi connectivity index (χ4v) is 5.54. The summed E-state index contributed by atoms with van der Waals surface area (Å²) in [6, 6.07) is 21.4. The molecule has 0 saturated carbocycles. The van der Waals surface area contributed by atoms with Crippen LogP contribution < -0.4 is 9.80 Å². The van der Waals surface area contributed by atoms with Crippen molar-refractivity contribution in [1.82, 2.24) is 0 Å². The molecule has 39 heavy (non-hydrogen) atoms. The molecule has 0 unspecified atom stereocenters. The highest BCUT2D eigenvalue weighted by molar-refractivity contribution is 5.64. The zero-order chi connectivity index (χ0) is 26.9. The number of nitrogens with zero attached hydrogens (tertiary/aromatic N) is 2. The third-order valence-corrected chi connectivity index (χ3v) is 7.39. The highest BCUT2D eigenvalue weighted by Gasteiger charge is 2.22. The van der Waals surface area contributed by atoms with Crippen LogP contribution in [0.25, 0.3) is 0 Å². The third kappa shape index (κ3) is 6.23. The molecule has 0 aromatic heterocycles. The Balaban J connectivity index is 1.42. The number of anilines is 2. The number of allylic oxidation sites excluding steroid dienone is 15. The molecule has 196 valence electrons. The van der Waals surface area contributed by atoms with E-state index in [2.05, 4.69) is 145 Å². The van der Waals surface area contributed by atoms with Crippen molar-refractivity contribution in [1.29, 1.82) is 0 Å². The maximum atomic E-state index is 3.95. The van der Waals surface area contributed by atoms with Crippen molar-refractivity contribution in [2.75, 3.05) is 9.80 Å². The van der Waals surface area contributed by atoms with Crippen LogP contribution in [-0.2, 0) is 0 Å². The normalized spacial score (nSPS) is 17.6. The first-order valence-electron chi connectivity index (χ1n) is 14.1. The average Bonchev–Trinajstić information content (AvgIpc) is 3.00. The van der Waals surface area contributed by atoms with Gasteiger partial charge in [-0.15, -0.1) is 0 Å². The zero-order valence-corrected chi connectivity index (χ0v) is 23.0. The molecule has 2 heteroatoms. The van der Waals surface area contributed by atoms with Gasteiger partial charge in [-0.05, 0) is 111 Å². The molecule has 3 aliphatic carbocycles. The first-order valence-corrected chi connectivity index (χ1v) is 14.1. The Hall–Kier alpha value is -4.30.